The van der Waals surface area contributed by atoms with E-state index in [1.54, 1.807) is 18.2 Å². The first-order valence-corrected chi connectivity index (χ1v) is 12.2. The minimum atomic E-state index is -3.53. The average molecular weight is 435 g/mol. The molecule has 1 aliphatic rings. The Morgan fingerprint density at radius 2 is 2.07 bits per heavy atom. The molecule has 2 heterocycles. The van der Waals surface area contributed by atoms with E-state index in [2.05, 4.69) is 27.3 Å². The van der Waals surface area contributed by atoms with Crippen LogP contribution in [0.25, 0.3) is 0 Å². The highest BCUT2D eigenvalue weighted by molar-refractivity contribution is 7.90. The van der Waals surface area contributed by atoms with Crippen LogP contribution in [0.1, 0.15) is 50.7 Å². The summed E-state index contributed by atoms with van der Waals surface area (Å²) in [6.07, 6.45) is 5.27. The molecule has 164 valence electrons. The van der Waals surface area contributed by atoms with Gasteiger partial charge in [-0.25, -0.2) is 8.42 Å². The second kappa shape index (κ2) is 10.7. The SMILES string of the molecule is C[C@H]1CCCCN1CCCNC(=O)CCc1nc(CS(=O)(=O)c2ccccc2)no1. The standard InChI is InChI=1S/C21H30N4O4S/c1-17-8-5-6-14-25(17)15-7-13-22-20(26)11-12-21-23-19(24-29-21)16-30(27,28)18-9-3-2-4-10-18/h2-4,9-10,17H,5-8,11-16H2,1H3,(H,22,26)/t17-/m0/s1. The summed E-state index contributed by atoms with van der Waals surface area (Å²) >= 11 is 0. The van der Waals surface area contributed by atoms with E-state index in [9.17, 15) is 13.2 Å². The van der Waals surface area contributed by atoms with Gasteiger partial charge in [0.2, 0.25) is 11.8 Å². The zero-order chi connectivity index (χ0) is 21.4. The number of hydrogen-bond acceptors (Lipinski definition) is 7. The summed E-state index contributed by atoms with van der Waals surface area (Å²) < 4.78 is 29.8. The summed E-state index contributed by atoms with van der Waals surface area (Å²) in [5.41, 5.74) is 0. The van der Waals surface area contributed by atoms with Crippen molar-refractivity contribution in [3.05, 3.63) is 42.0 Å². The number of benzene rings is 1. The first kappa shape index (κ1) is 22.4. The number of nitrogens with one attached hydrogen (secondary N) is 1. The fraction of sp³-hybridized carbons (Fsp3) is 0.571. The van der Waals surface area contributed by atoms with Crippen molar-refractivity contribution in [3.63, 3.8) is 0 Å². The molecule has 1 atom stereocenters. The fourth-order valence-electron chi connectivity index (χ4n) is 3.64. The summed E-state index contributed by atoms with van der Waals surface area (Å²) in [6, 6.07) is 8.79. The molecule has 1 fully saturated rings. The molecular formula is C21H30N4O4S. The maximum atomic E-state index is 12.4. The first-order chi connectivity index (χ1) is 14.4. The van der Waals surface area contributed by atoms with Crippen LogP contribution in [0.4, 0.5) is 0 Å². The molecule has 8 nitrogen and oxygen atoms in total. The van der Waals surface area contributed by atoms with Gasteiger partial charge in [-0.15, -0.1) is 0 Å². The van der Waals surface area contributed by atoms with Gasteiger partial charge in [-0.2, -0.15) is 4.98 Å². The van der Waals surface area contributed by atoms with Gasteiger partial charge in [-0.1, -0.05) is 29.8 Å². The summed E-state index contributed by atoms with van der Waals surface area (Å²) in [5.74, 6) is -0.0319. The molecule has 0 bridgehead atoms. The molecule has 1 saturated heterocycles. The van der Waals surface area contributed by atoms with Gasteiger partial charge in [0.1, 0.15) is 5.75 Å². The second-order valence-electron chi connectivity index (χ2n) is 7.76. The molecule has 30 heavy (non-hydrogen) atoms. The lowest BCUT2D eigenvalue weighted by Gasteiger charge is -2.33. The monoisotopic (exact) mass is 434 g/mol. The molecule has 1 aromatic carbocycles. The van der Waals surface area contributed by atoms with Crippen LogP contribution in [0.3, 0.4) is 0 Å². The van der Waals surface area contributed by atoms with Crippen molar-refractivity contribution >= 4 is 15.7 Å². The lowest BCUT2D eigenvalue weighted by Crippen LogP contribution is -2.39. The number of sulfone groups is 1. The Morgan fingerprint density at radius 1 is 1.27 bits per heavy atom. The summed E-state index contributed by atoms with van der Waals surface area (Å²) in [5, 5.41) is 6.66. The number of carbonyl (C=O) groups is 1. The number of rotatable bonds is 10. The molecular weight excluding hydrogens is 404 g/mol. The van der Waals surface area contributed by atoms with E-state index in [1.165, 1.54) is 31.4 Å². The van der Waals surface area contributed by atoms with Crippen molar-refractivity contribution in [2.75, 3.05) is 19.6 Å². The van der Waals surface area contributed by atoms with Crippen LogP contribution in [0, 0.1) is 0 Å². The molecule has 9 heteroatoms. The number of hydrogen-bond donors (Lipinski definition) is 1. The molecule has 1 amide bonds. The quantitative estimate of drug-likeness (QED) is 0.572. The average Bonchev–Trinajstić information content (AvgIpc) is 3.18. The molecule has 3 rings (SSSR count). The van der Waals surface area contributed by atoms with Gasteiger partial charge in [-0.3, -0.25) is 4.79 Å². The number of aryl methyl sites for hydroxylation is 1. The Hall–Kier alpha value is -2.26. The van der Waals surface area contributed by atoms with Crippen LogP contribution in [0.5, 0.6) is 0 Å². The highest BCUT2D eigenvalue weighted by Gasteiger charge is 2.20. The zero-order valence-corrected chi connectivity index (χ0v) is 18.2. The van der Waals surface area contributed by atoms with Gasteiger partial charge in [-0.05, 0) is 44.9 Å². The molecule has 1 aliphatic heterocycles. The van der Waals surface area contributed by atoms with Crippen LogP contribution in [0.15, 0.2) is 39.8 Å². The Labute approximate surface area is 178 Å². The number of amides is 1. The number of likely N-dealkylation sites (tertiary alicyclic amines) is 1. The molecule has 2 aromatic rings. The van der Waals surface area contributed by atoms with Gasteiger partial charge in [0.25, 0.3) is 0 Å². The Balaban J connectivity index is 1.37. The third kappa shape index (κ3) is 6.63. The lowest BCUT2D eigenvalue weighted by molar-refractivity contribution is -0.121. The fourth-order valence-corrected chi connectivity index (χ4v) is 4.84. The topological polar surface area (TPSA) is 105 Å². The molecule has 0 radical (unpaired) electrons. The maximum Gasteiger partial charge on any atom is 0.227 e. The van der Waals surface area contributed by atoms with Crippen LogP contribution >= 0.6 is 0 Å². The minimum absolute atomic E-state index is 0.0710. The smallest absolute Gasteiger partial charge is 0.227 e. The Morgan fingerprint density at radius 3 is 2.83 bits per heavy atom. The third-order valence-corrected chi connectivity index (χ3v) is 7.01. The normalized spacial score (nSPS) is 17.7. The molecule has 0 saturated carbocycles. The van der Waals surface area contributed by atoms with Crippen molar-refractivity contribution in [3.8, 4) is 0 Å². The van der Waals surface area contributed by atoms with Crippen LogP contribution < -0.4 is 5.32 Å². The molecule has 1 aromatic heterocycles. The van der Waals surface area contributed by atoms with E-state index in [-0.39, 0.29) is 41.1 Å². The van der Waals surface area contributed by atoms with Gasteiger partial charge in [0, 0.05) is 32.0 Å². The predicted molar refractivity (Wildman–Crippen MR) is 112 cm³/mol. The largest absolute Gasteiger partial charge is 0.356 e. The second-order valence-corrected chi connectivity index (χ2v) is 9.75. The van der Waals surface area contributed by atoms with Crippen molar-refractivity contribution in [2.24, 2.45) is 0 Å². The van der Waals surface area contributed by atoms with E-state index >= 15 is 0 Å². The molecule has 1 N–H and O–H groups in total. The van der Waals surface area contributed by atoms with Crippen LogP contribution in [-0.2, 0) is 26.8 Å². The zero-order valence-electron chi connectivity index (χ0n) is 17.4. The van der Waals surface area contributed by atoms with Crippen molar-refractivity contribution in [1.82, 2.24) is 20.4 Å². The van der Waals surface area contributed by atoms with Gasteiger partial charge >= 0.3 is 0 Å². The maximum absolute atomic E-state index is 12.4. The summed E-state index contributed by atoms with van der Waals surface area (Å²) in [4.78, 5) is 18.9. The van der Waals surface area contributed by atoms with Gasteiger partial charge in [0.15, 0.2) is 15.7 Å². The van der Waals surface area contributed by atoms with Gasteiger partial charge in [0.05, 0.1) is 4.90 Å². The number of aromatic nitrogens is 2. The molecule has 0 spiro atoms. The van der Waals surface area contributed by atoms with Crippen molar-refractivity contribution in [2.45, 2.75) is 62.1 Å². The van der Waals surface area contributed by atoms with Crippen LogP contribution in [0.2, 0.25) is 0 Å². The lowest BCUT2D eigenvalue weighted by atomic mass is 10.0. The van der Waals surface area contributed by atoms with Crippen molar-refractivity contribution < 1.29 is 17.7 Å². The number of carbonyl (C=O) groups excluding carboxylic acids is 1. The highest BCUT2D eigenvalue weighted by atomic mass is 32.2. The van der Waals surface area contributed by atoms with Crippen molar-refractivity contribution in [1.29, 1.82) is 0 Å². The Bertz CT molecular complexity index is 914. The molecule has 0 aliphatic carbocycles. The summed E-state index contributed by atoms with van der Waals surface area (Å²) in [6.45, 7) is 5.06. The van der Waals surface area contributed by atoms with E-state index in [0.717, 1.165) is 19.5 Å². The third-order valence-electron chi connectivity index (χ3n) is 5.38. The van der Waals surface area contributed by atoms with Crippen LogP contribution in [-0.4, -0.2) is 55.0 Å². The first-order valence-electron chi connectivity index (χ1n) is 10.5. The predicted octanol–water partition coefficient (Wildman–Crippen LogP) is 2.36. The summed E-state index contributed by atoms with van der Waals surface area (Å²) in [7, 11) is -3.53. The Kier molecular flexibility index (Phi) is 7.98. The van der Waals surface area contributed by atoms with E-state index < -0.39 is 9.84 Å². The van der Waals surface area contributed by atoms with E-state index in [0.29, 0.717) is 12.6 Å². The van der Waals surface area contributed by atoms with Gasteiger partial charge < -0.3 is 14.7 Å². The minimum Gasteiger partial charge on any atom is -0.356 e. The number of piperidine rings is 1. The number of nitrogens with zero attached hydrogens (tertiary/aromatic N) is 3. The van der Waals surface area contributed by atoms with E-state index in [1.807, 2.05) is 0 Å². The van der Waals surface area contributed by atoms with E-state index in [4.69, 9.17) is 4.52 Å². The highest BCUT2D eigenvalue weighted by Crippen LogP contribution is 2.16. The molecule has 0 unspecified atom stereocenters.